The van der Waals surface area contributed by atoms with Crippen molar-refractivity contribution in [1.82, 2.24) is 0 Å². The van der Waals surface area contributed by atoms with Crippen LogP contribution in [0, 0.1) is 14.9 Å². The summed E-state index contributed by atoms with van der Waals surface area (Å²) >= 11 is 2.14. The first kappa shape index (κ1) is 19.2. The number of ether oxygens (including phenoxy) is 1. The lowest BCUT2D eigenvalue weighted by Gasteiger charge is -2.06. The van der Waals surface area contributed by atoms with Crippen LogP contribution in [0.15, 0.2) is 54.1 Å². The predicted molar refractivity (Wildman–Crippen MR) is 103 cm³/mol. The minimum absolute atomic E-state index is 0.0312. The number of phenols is 1. The van der Waals surface area contributed by atoms with Crippen molar-refractivity contribution in [1.29, 1.82) is 5.26 Å². The molecule has 0 fully saturated rings. The minimum Gasteiger partial charge on any atom is -0.507 e. The SMILES string of the molecule is N#C/C(=C\c1ccc(I)cc1)C(=O)Oc1ccc(/C=C/C(=O)O)c(O)c1. The second kappa shape index (κ2) is 8.82. The van der Waals surface area contributed by atoms with Crippen LogP contribution in [0.2, 0.25) is 0 Å². The Labute approximate surface area is 162 Å². The summed E-state index contributed by atoms with van der Waals surface area (Å²) in [6.45, 7) is 0. The van der Waals surface area contributed by atoms with Crippen LogP contribution < -0.4 is 4.74 Å². The van der Waals surface area contributed by atoms with Crippen LogP contribution in [0.3, 0.4) is 0 Å². The zero-order chi connectivity index (χ0) is 19.1. The van der Waals surface area contributed by atoms with Crippen LogP contribution >= 0.6 is 22.6 Å². The monoisotopic (exact) mass is 461 g/mol. The number of nitrogens with zero attached hydrogens (tertiary/aromatic N) is 1. The molecule has 0 aliphatic rings. The number of carbonyl (C=O) groups excluding carboxylic acids is 1. The molecule has 0 aliphatic heterocycles. The van der Waals surface area contributed by atoms with Gasteiger partial charge in [-0.25, -0.2) is 9.59 Å². The van der Waals surface area contributed by atoms with Gasteiger partial charge in [-0.15, -0.1) is 0 Å². The number of nitriles is 1. The number of carbonyl (C=O) groups is 2. The number of carboxylic acids is 1. The van der Waals surface area contributed by atoms with E-state index in [-0.39, 0.29) is 22.6 Å². The van der Waals surface area contributed by atoms with Crippen molar-refractivity contribution < 1.29 is 24.5 Å². The maximum absolute atomic E-state index is 12.1. The summed E-state index contributed by atoms with van der Waals surface area (Å²) in [4.78, 5) is 22.6. The van der Waals surface area contributed by atoms with Gasteiger partial charge in [-0.2, -0.15) is 5.26 Å². The molecule has 0 unspecified atom stereocenters. The lowest BCUT2D eigenvalue weighted by atomic mass is 10.1. The Morgan fingerprint density at radius 2 is 1.85 bits per heavy atom. The van der Waals surface area contributed by atoms with Crippen LogP contribution in [0.1, 0.15) is 11.1 Å². The van der Waals surface area contributed by atoms with E-state index in [1.54, 1.807) is 18.2 Å². The number of benzene rings is 2. The third-order valence-corrected chi connectivity index (χ3v) is 3.86. The molecule has 130 valence electrons. The first-order valence-corrected chi connectivity index (χ1v) is 8.30. The van der Waals surface area contributed by atoms with Gasteiger partial charge in [0, 0.05) is 21.3 Å². The second-order valence-corrected chi connectivity index (χ2v) is 6.25. The molecule has 0 saturated carbocycles. The molecule has 0 saturated heterocycles. The highest BCUT2D eigenvalue weighted by Gasteiger charge is 2.13. The van der Waals surface area contributed by atoms with Gasteiger partial charge in [-0.05, 0) is 64.6 Å². The lowest BCUT2D eigenvalue weighted by Crippen LogP contribution is -2.10. The number of rotatable bonds is 5. The highest BCUT2D eigenvalue weighted by atomic mass is 127. The molecule has 0 bridgehead atoms. The molecule has 7 heteroatoms. The van der Waals surface area contributed by atoms with E-state index in [4.69, 9.17) is 9.84 Å². The van der Waals surface area contributed by atoms with Gasteiger partial charge in [0.2, 0.25) is 0 Å². The normalized spacial score (nSPS) is 11.2. The van der Waals surface area contributed by atoms with E-state index in [1.807, 2.05) is 12.1 Å². The molecular formula is C19H12INO5. The summed E-state index contributed by atoms with van der Waals surface area (Å²) in [7, 11) is 0. The zero-order valence-electron chi connectivity index (χ0n) is 13.2. The van der Waals surface area contributed by atoms with Crippen LogP contribution in [0.4, 0.5) is 0 Å². The number of aromatic hydroxyl groups is 1. The fourth-order valence-corrected chi connectivity index (χ4v) is 2.27. The Bertz CT molecular complexity index is 939. The third-order valence-electron chi connectivity index (χ3n) is 3.14. The van der Waals surface area contributed by atoms with Crippen molar-refractivity contribution in [2.45, 2.75) is 0 Å². The van der Waals surface area contributed by atoms with Gasteiger partial charge < -0.3 is 14.9 Å². The quantitative estimate of drug-likeness (QED) is 0.232. The summed E-state index contributed by atoms with van der Waals surface area (Å²) in [5.41, 5.74) is 0.735. The molecule has 2 N–H and O–H groups in total. The maximum atomic E-state index is 12.1. The van der Waals surface area contributed by atoms with E-state index in [1.165, 1.54) is 30.4 Å². The van der Waals surface area contributed by atoms with Crippen LogP contribution in [-0.4, -0.2) is 22.2 Å². The first-order valence-electron chi connectivity index (χ1n) is 7.22. The zero-order valence-corrected chi connectivity index (χ0v) is 15.4. The highest BCUT2D eigenvalue weighted by Crippen LogP contribution is 2.25. The number of phenolic OH excluding ortho intramolecular Hbond substituents is 1. The Kier molecular flexibility index (Phi) is 6.52. The van der Waals surface area contributed by atoms with Crippen molar-refractivity contribution in [3.8, 4) is 17.6 Å². The number of aliphatic carboxylic acids is 1. The number of halogens is 1. The largest absolute Gasteiger partial charge is 0.507 e. The fourth-order valence-electron chi connectivity index (χ4n) is 1.91. The fraction of sp³-hybridized carbons (Fsp3) is 0. The maximum Gasteiger partial charge on any atom is 0.354 e. The summed E-state index contributed by atoms with van der Waals surface area (Å²) < 4.78 is 6.11. The molecule has 0 spiro atoms. The van der Waals surface area contributed by atoms with E-state index >= 15 is 0 Å². The number of esters is 1. The molecule has 6 nitrogen and oxygen atoms in total. The Morgan fingerprint density at radius 1 is 1.15 bits per heavy atom. The average Bonchev–Trinajstić information content (AvgIpc) is 2.60. The van der Waals surface area contributed by atoms with Gasteiger partial charge in [-0.3, -0.25) is 0 Å². The van der Waals surface area contributed by atoms with Crippen LogP contribution in [-0.2, 0) is 9.59 Å². The second-order valence-electron chi connectivity index (χ2n) is 5.00. The van der Waals surface area contributed by atoms with E-state index in [9.17, 15) is 20.0 Å². The summed E-state index contributed by atoms with van der Waals surface area (Å²) in [6.07, 6.45) is 3.49. The summed E-state index contributed by atoms with van der Waals surface area (Å²) in [6, 6.07) is 13.0. The van der Waals surface area contributed by atoms with Crippen molar-refractivity contribution in [3.05, 3.63) is 68.8 Å². The molecule has 2 aromatic carbocycles. The van der Waals surface area contributed by atoms with E-state index in [0.29, 0.717) is 5.56 Å². The van der Waals surface area contributed by atoms with Gasteiger partial charge in [0.25, 0.3) is 0 Å². The molecule has 0 aromatic heterocycles. The van der Waals surface area contributed by atoms with E-state index in [2.05, 4.69) is 22.6 Å². The summed E-state index contributed by atoms with van der Waals surface area (Å²) in [5.74, 6) is -2.24. The lowest BCUT2D eigenvalue weighted by molar-refractivity contribution is -0.131. The molecule has 0 heterocycles. The van der Waals surface area contributed by atoms with Gasteiger partial charge >= 0.3 is 11.9 Å². The number of hydrogen-bond donors (Lipinski definition) is 2. The Morgan fingerprint density at radius 3 is 2.42 bits per heavy atom. The van der Waals surface area contributed by atoms with Crippen LogP contribution in [0.25, 0.3) is 12.2 Å². The molecule has 0 amide bonds. The molecule has 2 rings (SSSR count). The van der Waals surface area contributed by atoms with E-state index < -0.39 is 11.9 Å². The van der Waals surface area contributed by atoms with Gasteiger partial charge in [0.05, 0.1) is 0 Å². The molecule has 0 aliphatic carbocycles. The minimum atomic E-state index is -1.15. The van der Waals surface area contributed by atoms with Crippen molar-refractivity contribution in [2.24, 2.45) is 0 Å². The van der Waals surface area contributed by atoms with Gasteiger partial charge in [0.1, 0.15) is 23.1 Å². The number of hydrogen-bond acceptors (Lipinski definition) is 5. The van der Waals surface area contributed by atoms with E-state index in [0.717, 1.165) is 9.65 Å². The van der Waals surface area contributed by atoms with Crippen molar-refractivity contribution in [3.63, 3.8) is 0 Å². The summed E-state index contributed by atoms with van der Waals surface area (Å²) in [5, 5.41) is 27.6. The highest BCUT2D eigenvalue weighted by molar-refractivity contribution is 14.1. The first-order chi connectivity index (χ1) is 12.4. The molecule has 2 aromatic rings. The molecule has 0 radical (unpaired) electrons. The topological polar surface area (TPSA) is 108 Å². The number of carboxylic acid groups (broad SMARTS) is 1. The van der Waals surface area contributed by atoms with Crippen molar-refractivity contribution in [2.75, 3.05) is 0 Å². The van der Waals surface area contributed by atoms with Gasteiger partial charge in [0.15, 0.2) is 0 Å². The predicted octanol–water partition coefficient (Wildman–Crippen LogP) is 3.61. The van der Waals surface area contributed by atoms with Gasteiger partial charge in [-0.1, -0.05) is 12.1 Å². The standard InChI is InChI=1S/C19H12INO5/c20-15-5-1-12(2-6-15)9-14(11-21)19(25)26-16-7-3-13(17(22)10-16)4-8-18(23)24/h1-10,22H,(H,23,24)/b8-4+,14-9+. The molecular weight excluding hydrogens is 449 g/mol. The smallest absolute Gasteiger partial charge is 0.354 e. The molecule has 26 heavy (non-hydrogen) atoms. The van der Waals surface area contributed by atoms with Crippen LogP contribution in [0.5, 0.6) is 11.5 Å². The Hall–Kier alpha value is -3.12. The third kappa shape index (κ3) is 5.46. The molecule has 0 atom stereocenters. The average molecular weight is 461 g/mol. The Balaban J connectivity index is 2.17. The van der Waals surface area contributed by atoms with Crippen molar-refractivity contribution >= 4 is 46.7 Å².